The molecule has 1 atom stereocenters. The Balaban J connectivity index is 2.09. The van der Waals surface area contributed by atoms with Gasteiger partial charge in [-0.15, -0.1) is 10.2 Å². The van der Waals surface area contributed by atoms with Crippen LogP contribution in [0.2, 0.25) is 0 Å². The van der Waals surface area contributed by atoms with Crippen molar-refractivity contribution in [1.82, 2.24) is 24.1 Å². The summed E-state index contributed by atoms with van der Waals surface area (Å²) in [5, 5.41) is 9.41. The van der Waals surface area contributed by atoms with Crippen LogP contribution in [0.1, 0.15) is 37.3 Å². The lowest BCUT2D eigenvalue weighted by Gasteiger charge is -2.19. The zero-order chi connectivity index (χ0) is 11.1. The molecule has 0 bridgehead atoms. The molecule has 0 spiro atoms. The number of hydrogen-bond donors (Lipinski definition) is 0. The zero-order valence-electron chi connectivity index (χ0n) is 9.34. The number of rotatable bonds is 1. The Bertz CT molecular complexity index is 515. The molecule has 2 aromatic heterocycles. The first kappa shape index (κ1) is 9.89. The fourth-order valence-electron chi connectivity index (χ4n) is 2.13. The van der Waals surface area contributed by atoms with Crippen molar-refractivity contribution in [2.24, 2.45) is 0 Å². The summed E-state index contributed by atoms with van der Waals surface area (Å²) in [4.78, 5) is 4.37. The molecule has 16 heavy (non-hydrogen) atoms. The molecule has 0 aliphatic carbocycles. The quantitative estimate of drug-likeness (QED) is 0.758. The van der Waals surface area contributed by atoms with Crippen molar-refractivity contribution in [1.29, 1.82) is 0 Å². The third-order valence-electron chi connectivity index (χ3n) is 2.96. The van der Waals surface area contributed by atoms with E-state index in [9.17, 15) is 0 Å². The average Bonchev–Trinajstić information content (AvgIpc) is 2.84. The van der Waals surface area contributed by atoms with Gasteiger partial charge < -0.3 is 4.57 Å². The Kier molecular flexibility index (Phi) is 2.24. The van der Waals surface area contributed by atoms with Gasteiger partial charge in [-0.05, 0) is 31.3 Å². The van der Waals surface area contributed by atoms with Gasteiger partial charge in [0.25, 0.3) is 0 Å². The van der Waals surface area contributed by atoms with E-state index in [1.54, 1.807) is 0 Å². The van der Waals surface area contributed by atoms with Gasteiger partial charge in [-0.3, -0.25) is 0 Å². The molecule has 6 heteroatoms. The first-order valence-electron chi connectivity index (χ1n) is 5.49. The molecule has 0 unspecified atom stereocenters. The first-order chi connectivity index (χ1) is 7.75. The Hall–Kier alpha value is -1.30. The minimum absolute atomic E-state index is 0.504. The largest absolute Gasteiger partial charge is 0.309 e. The second-order valence-electron chi connectivity index (χ2n) is 4.22. The van der Waals surface area contributed by atoms with E-state index in [1.165, 1.54) is 24.4 Å². The standard InChI is InChI=1S/C10H13N5S/c1-6-4-3-5-15-8(6)12-13-9(15)10-11-7(2)14-16-10/h6H,3-5H2,1-2H3/t6-/m0/s1. The van der Waals surface area contributed by atoms with Crippen molar-refractivity contribution in [3.05, 3.63) is 11.6 Å². The minimum Gasteiger partial charge on any atom is -0.309 e. The van der Waals surface area contributed by atoms with Gasteiger partial charge >= 0.3 is 0 Å². The maximum absolute atomic E-state index is 4.37. The van der Waals surface area contributed by atoms with Gasteiger partial charge in [0, 0.05) is 12.5 Å². The molecule has 0 aromatic carbocycles. The molecule has 2 aromatic rings. The van der Waals surface area contributed by atoms with E-state index in [4.69, 9.17) is 0 Å². The Morgan fingerprint density at radius 1 is 1.38 bits per heavy atom. The van der Waals surface area contributed by atoms with E-state index in [0.717, 1.165) is 29.0 Å². The molecule has 5 nitrogen and oxygen atoms in total. The van der Waals surface area contributed by atoms with Crippen LogP contribution in [0, 0.1) is 6.92 Å². The lowest BCUT2D eigenvalue weighted by molar-refractivity contribution is 0.466. The molecule has 0 radical (unpaired) electrons. The number of nitrogens with zero attached hydrogens (tertiary/aromatic N) is 5. The van der Waals surface area contributed by atoms with Crippen LogP contribution >= 0.6 is 11.5 Å². The summed E-state index contributed by atoms with van der Waals surface area (Å²) in [6, 6.07) is 0. The number of fused-ring (bicyclic) bond motifs is 1. The van der Waals surface area contributed by atoms with Gasteiger partial charge in [0.05, 0.1) is 0 Å². The van der Waals surface area contributed by atoms with Crippen LogP contribution < -0.4 is 0 Å². The molecular weight excluding hydrogens is 222 g/mol. The summed E-state index contributed by atoms with van der Waals surface area (Å²) in [6.07, 6.45) is 2.39. The normalized spacial score (nSPS) is 19.8. The second-order valence-corrected chi connectivity index (χ2v) is 4.98. The minimum atomic E-state index is 0.504. The molecule has 84 valence electrons. The topological polar surface area (TPSA) is 56.5 Å². The Morgan fingerprint density at radius 2 is 2.25 bits per heavy atom. The van der Waals surface area contributed by atoms with E-state index < -0.39 is 0 Å². The number of aromatic nitrogens is 5. The molecule has 3 heterocycles. The number of aryl methyl sites for hydroxylation is 1. The SMILES string of the molecule is Cc1nsc(-c2nnc3n2CCC[C@@H]3C)n1. The smallest absolute Gasteiger partial charge is 0.194 e. The molecule has 0 saturated carbocycles. The molecule has 1 aliphatic rings. The highest BCUT2D eigenvalue weighted by Gasteiger charge is 2.23. The van der Waals surface area contributed by atoms with Crippen LogP contribution in [0.15, 0.2) is 0 Å². The van der Waals surface area contributed by atoms with E-state index in [0.29, 0.717) is 5.92 Å². The lowest BCUT2D eigenvalue weighted by Crippen LogP contribution is -2.14. The van der Waals surface area contributed by atoms with E-state index >= 15 is 0 Å². The molecule has 1 aliphatic heterocycles. The Morgan fingerprint density at radius 3 is 3.00 bits per heavy atom. The highest BCUT2D eigenvalue weighted by Crippen LogP contribution is 2.29. The molecule has 0 N–H and O–H groups in total. The third-order valence-corrected chi connectivity index (χ3v) is 3.76. The summed E-state index contributed by atoms with van der Waals surface area (Å²) >= 11 is 1.40. The lowest BCUT2D eigenvalue weighted by atomic mass is 10.0. The van der Waals surface area contributed by atoms with E-state index in [-0.39, 0.29) is 0 Å². The second kappa shape index (κ2) is 3.62. The van der Waals surface area contributed by atoms with Crippen molar-refractivity contribution in [3.63, 3.8) is 0 Å². The zero-order valence-corrected chi connectivity index (χ0v) is 10.2. The molecule has 0 amide bonds. The first-order valence-corrected chi connectivity index (χ1v) is 6.27. The fourth-order valence-corrected chi connectivity index (χ4v) is 2.80. The van der Waals surface area contributed by atoms with Crippen LogP contribution in [0.4, 0.5) is 0 Å². The van der Waals surface area contributed by atoms with Crippen molar-refractivity contribution >= 4 is 11.5 Å². The molecule has 3 rings (SSSR count). The summed E-state index contributed by atoms with van der Waals surface area (Å²) in [7, 11) is 0. The van der Waals surface area contributed by atoms with Crippen molar-refractivity contribution in [2.75, 3.05) is 0 Å². The maximum Gasteiger partial charge on any atom is 0.194 e. The van der Waals surface area contributed by atoms with Gasteiger partial charge in [-0.1, -0.05) is 6.92 Å². The summed E-state index contributed by atoms with van der Waals surface area (Å²) in [5.74, 6) is 3.28. The van der Waals surface area contributed by atoms with Crippen LogP contribution in [-0.4, -0.2) is 24.1 Å². The monoisotopic (exact) mass is 235 g/mol. The van der Waals surface area contributed by atoms with Crippen LogP contribution in [0.3, 0.4) is 0 Å². The third kappa shape index (κ3) is 1.44. The number of hydrogen-bond acceptors (Lipinski definition) is 5. The molecule has 0 fully saturated rings. The Labute approximate surface area is 97.7 Å². The van der Waals surface area contributed by atoms with Crippen molar-refractivity contribution < 1.29 is 0 Å². The van der Waals surface area contributed by atoms with Crippen LogP contribution in [0.5, 0.6) is 0 Å². The summed E-state index contributed by atoms with van der Waals surface area (Å²) in [5.41, 5.74) is 0. The van der Waals surface area contributed by atoms with Gasteiger partial charge in [0.15, 0.2) is 10.8 Å². The van der Waals surface area contributed by atoms with E-state index in [1.807, 2.05) is 6.92 Å². The highest BCUT2D eigenvalue weighted by atomic mass is 32.1. The highest BCUT2D eigenvalue weighted by molar-refractivity contribution is 7.09. The van der Waals surface area contributed by atoms with Gasteiger partial charge in [-0.25, -0.2) is 4.98 Å². The predicted octanol–water partition coefficient (Wildman–Crippen LogP) is 2.00. The molecular formula is C10H13N5S. The van der Waals surface area contributed by atoms with E-state index in [2.05, 4.69) is 31.0 Å². The van der Waals surface area contributed by atoms with Crippen molar-refractivity contribution in [2.45, 2.75) is 39.2 Å². The maximum atomic E-state index is 4.37. The fraction of sp³-hybridized carbons (Fsp3) is 0.600. The van der Waals surface area contributed by atoms with Crippen LogP contribution in [-0.2, 0) is 6.54 Å². The predicted molar refractivity (Wildman–Crippen MR) is 61.3 cm³/mol. The van der Waals surface area contributed by atoms with Crippen LogP contribution in [0.25, 0.3) is 10.8 Å². The van der Waals surface area contributed by atoms with Gasteiger partial charge in [-0.2, -0.15) is 4.37 Å². The summed E-state index contributed by atoms with van der Waals surface area (Å²) in [6.45, 7) is 5.10. The summed E-state index contributed by atoms with van der Waals surface area (Å²) < 4.78 is 6.38. The average molecular weight is 235 g/mol. The molecule has 0 saturated heterocycles. The van der Waals surface area contributed by atoms with Gasteiger partial charge in [0.2, 0.25) is 0 Å². The van der Waals surface area contributed by atoms with Gasteiger partial charge in [0.1, 0.15) is 11.6 Å². The van der Waals surface area contributed by atoms with Crippen molar-refractivity contribution in [3.8, 4) is 10.8 Å².